The summed E-state index contributed by atoms with van der Waals surface area (Å²) in [5.74, 6) is -1.48. The van der Waals surface area contributed by atoms with Gasteiger partial charge in [0.05, 0.1) is 16.4 Å². The summed E-state index contributed by atoms with van der Waals surface area (Å²) in [7, 11) is -7.70. The highest BCUT2D eigenvalue weighted by Crippen LogP contribution is 2.37. The Balaban J connectivity index is 1.90. The SMILES string of the molecule is O=C(O)C1(S(=O)(=O)c2ccc(Oc3ccccc3)cc2)CCS(=O)(=O)CC1. The van der Waals surface area contributed by atoms with E-state index in [4.69, 9.17) is 4.74 Å². The van der Waals surface area contributed by atoms with Crippen LogP contribution in [0.5, 0.6) is 11.5 Å². The molecule has 2 aromatic carbocycles. The van der Waals surface area contributed by atoms with Crippen molar-refractivity contribution in [3.05, 3.63) is 54.6 Å². The predicted octanol–water partition coefficient (Wildman–Crippen LogP) is 2.28. The number of sulfone groups is 2. The molecule has 0 bridgehead atoms. The van der Waals surface area contributed by atoms with Crippen molar-refractivity contribution in [1.82, 2.24) is 0 Å². The first-order valence-electron chi connectivity index (χ1n) is 8.18. The summed E-state index contributed by atoms with van der Waals surface area (Å²) in [6.45, 7) is 0. The monoisotopic (exact) mass is 410 g/mol. The van der Waals surface area contributed by atoms with Gasteiger partial charge >= 0.3 is 5.97 Å². The number of aliphatic carboxylic acids is 1. The summed E-state index contributed by atoms with van der Waals surface area (Å²) in [6, 6.07) is 14.3. The molecule has 1 N–H and O–H groups in total. The Kier molecular flexibility index (Phi) is 5.00. The molecule has 0 radical (unpaired) electrons. The van der Waals surface area contributed by atoms with Crippen LogP contribution in [-0.4, -0.2) is 44.2 Å². The normalized spacial score (nSPS) is 18.5. The summed E-state index contributed by atoms with van der Waals surface area (Å²) in [4.78, 5) is 11.6. The molecule has 1 aliphatic heterocycles. The highest BCUT2D eigenvalue weighted by atomic mass is 32.2. The molecular formula is C18H18O7S2. The third kappa shape index (κ3) is 3.70. The fourth-order valence-corrected chi connectivity index (χ4v) is 6.70. The standard InChI is InChI=1S/C18H18O7S2/c19-17(20)18(10-12-26(21,22)13-11-18)27(23,24)16-8-6-15(7-9-16)25-14-4-2-1-3-5-14/h1-9H,10-13H2,(H,19,20). The molecule has 144 valence electrons. The number of hydrogen-bond acceptors (Lipinski definition) is 6. The molecule has 7 nitrogen and oxygen atoms in total. The highest BCUT2D eigenvalue weighted by Gasteiger charge is 2.54. The van der Waals surface area contributed by atoms with Crippen molar-refractivity contribution in [2.24, 2.45) is 0 Å². The predicted molar refractivity (Wildman–Crippen MR) is 98.4 cm³/mol. The summed E-state index contributed by atoms with van der Waals surface area (Å²) < 4.78 is 52.8. The lowest BCUT2D eigenvalue weighted by Crippen LogP contribution is -2.51. The van der Waals surface area contributed by atoms with Gasteiger partial charge in [0, 0.05) is 0 Å². The molecule has 1 heterocycles. The Hall–Kier alpha value is -2.39. The van der Waals surface area contributed by atoms with Crippen LogP contribution in [0.3, 0.4) is 0 Å². The van der Waals surface area contributed by atoms with E-state index in [0.717, 1.165) is 0 Å². The number of rotatable bonds is 5. The molecule has 0 atom stereocenters. The molecule has 1 saturated heterocycles. The Morgan fingerprint density at radius 3 is 1.96 bits per heavy atom. The van der Waals surface area contributed by atoms with Crippen LogP contribution >= 0.6 is 0 Å². The minimum atomic E-state index is -4.28. The van der Waals surface area contributed by atoms with Crippen molar-refractivity contribution in [2.45, 2.75) is 22.5 Å². The van der Waals surface area contributed by atoms with Crippen LogP contribution in [0.1, 0.15) is 12.8 Å². The molecule has 1 aliphatic rings. The Morgan fingerprint density at radius 2 is 1.44 bits per heavy atom. The summed E-state index contributed by atoms with van der Waals surface area (Å²) in [5.41, 5.74) is 0. The Bertz CT molecular complexity index is 1030. The molecule has 3 rings (SSSR count). The molecule has 0 aromatic heterocycles. The zero-order chi connectivity index (χ0) is 19.7. The van der Waals surface area contributed by atoms with Gasteiger partial charge in [-0.3, -0.25) is 4.79 Å². The molecule has 27 heavy (non-hydrogen) atoms. The van der Waals surface area contributed by atoms with E-state index < -0.39 is 54.7 Å². The average molecular weight is 410 g/mol. The van der Waals surface area contributed by atoms with E-state index in [0.29, 0.717) is 11.5 Å². The zero-order valence-corrected chi connectivity index (χ0v) is 15.9. The average Bonchev–Trinajstić information content (AvgIpc) is 2.63. The van der Waals surface area contributed by atoms with Gasteiger partial charge in [0.2, 0.25) is 0 Å². The topological polar surface area (TPSA) is 115 Å². The number of carboxylic acids is 1. The molecule has 0 amide bonds. The van der Waals surface area contributed by atoms with E-state index in [1.54, 1.807) is 24.3 Å². The van der Waals surface area contributed by atoms with Gasteiger partial charge in [0.1, 0.15) is 21.3 Å². The third-order valence-corrected chi connectivity index (χ3v) is 8.81. The van der Waals surface area contributed by atoms with Gasteiger partial charge < -0.3 is 9.84 Å². The van der Waals surface area contributed by atoms with Gasteiger partial charge in [-0.25, -0.2) is 16.8 Å². The van der Waals surface area contributed by atoms with E-state index in [1.165, 1.54) is 24.3 Å². The lowest BCUT2D eigenvalue weighted by Gasteiger charge is -2.32. The molecule has 1 fully saturated rings. The van der Waals surface area contributed by atoms with Crippen molar-refractivity contribution >= 4 is 25.6 Å². The maximum absolute atomic E-state index is 13.0. The minimum absolute atomic E-state index is 0.176. The van der Waals surface area contributed by atoms with E-state index in [9.17, 15) is 26.7 Å². The van der Waals surface area contributed by atoms with Crippen molar-refractivity contribution in [3.8, 4) is 11.5 Å². The lowest BCUT2D eigenvalue weighted by molar-refractivity contribution is -0.140. The van der Waals surface area contributed by atoms with Crippen LogP contribution in [0.2, 0.25) is 0 Å². The van der Waals surface area contributed by atoms with Gasteiger partial charge in [-0.15, -0.1) is 0 Å². The molecule has 2 aromatic rings. The smallest absolute Gasteiger partial charge is 0.325 e. The van der Waals surface area contributed by atoms with Crippen LogP contribution < -0.4 is 4.74 Å². The van der Waals surface area contributed by atoms with Crippen molar-refractivity contribution in [3.63, 3.8) is 0 Å². The number of benzene rings is 2. The van der Waals surface area contributed by atoms with Gasteiger partial charge in [-0.05, 0) is 49.2 Å². The fraction of sp³-hybridized carbons (Fsp3) is 0.278. The van der Waals surface area contributed by atoms with Crippen LogP contribution in [0, 0.1) is 0 Å². The van der Waals surface area contributed by atoms with Crippen LogP contribution in [-0.2, 0) is 24.5 Å². The van der Waals surface area contributed by atoms with E-state index in [-0.39, 0.29) is 4.90 Å². The second kappa shape index (κ2) is 6.97. The molecule has 0 aliphatic carbocycles. The zero-order valence-electron chi connectivity index (χ0n) is 14.2. The number of carbonyl (C=O) groups is 1. The van der Waals surface area contributed by atoms with Gasteiger partial charge in [-0.2, -0.15) is 0 Å². The molecule has 0 saturated carbocycles. The van der Waals surface area contributed by atoms with Crippen molar-refractivity contribution < 1.29 is 31.5 Å². The Labute approximate surface area is 157 Å². The van der Waals surface area contributed by atoms with Gasteiger partial charge in [0.25, 0.3) is 0 Å². The molecule has 0 unspecified atom stereocenters. The van der Waals surface area contributed by atoms with Gasteiger partial charge in [-0.1, -0.05) is 18.2 Å². The fourth-order valence-electron chi connectivity index (χ4n) is 3.00. The maximum Gasteiger partial charge on any atom is 0.325 e. The van der Waals surface area contributed by atoms with E-state index in [1.807, 2.05) is 6.07 Å². The largest absolute Gasteiger partial charge is 0.480 e. The third-order valence-electron chi connectivity index (χ3n) is 4.65. The van der Waals surface area contributed by atoms with E-state index >= 15 is 0 Å². The number of para-hydroxylation sites is 1. The minimum Gasteiger partial charge on any atom is -0.480 e. The maximum atomic E-state index is 13.0. The van der Waals surface area contributed by atoms with E-state index in [2.05, 4.69) is 0 Å². The van der Waals surface area contributed by atoms with Crippen LogP contribution in [0.15, 0.2) is 59.5 Å². The number of carboxylic acid groups (broad SMARTS) is 1. The number of hydrogen-bond donors (Lipinski definition) is 1. The van der Waals surface area contributed by atoms with Crippen molar-refractivity contribution in [1.29, 1.82) is 0 Å². The van der Waals surface area contributed by atoms with Crippen LogP contribution in [0.25, 0.3) is 0 Å². The molecule has 9 heteroatoms. The highest BCUT2D eigenvalue weighted by molar-refractivity contribution is 7.94. The first-order chi connectivity index (χ1) is 12.7. The second-order valence-electron chi connectivity index (χ2n) is 6.34. The van der Waals surface area contributed by atoms with Crippen molar-refractivity contribution in [2.75, 3.05) is 11.5 Å². The number of ether oxygens (including phenoxy) is 1. The quantitative estimate of drug-likeness (QED) is 0.804. The Morgan fingerprint density at radius 1 is 0.926 bits per heavy atom. The summed E-state index contributed by atoms with van der Waals surface area (Å²) >= 11 is 0. The summed E-state index contributed by atoms with van der Waals surface area (Å²) in [6.07, 6.45) is -0.926. The first-order valence-corrected chi connectivity index (χ1v) is 11.5. The summed E-state index contributed by atoms with van der Waals surface area (Å²) in [5, 5.41) is 9.61. The lowest BCUT2D eigenvalue weighted by atomic mass is 10.0. The molecular weight excluding hydrogens is 392 g/mol. The second-order valence-corrected chi connectivity index (χ2v) is 10.9. The molecule has 0 spiro atoms. The van der Waals surface area contributed by atoms with Crippen LogP contribution in [0.4, 0.5) is 0 Å². The van der Waals surface area contributed by atoms with Gasteiger partial charge in [0.15, 0.2) is 14.6 Å². The first kappa shape index (κ1) is 19.4.